The highest BCUT2D eigenvalue weighted by Gasteiger charge is 2.13. The van der Waals surface area contributed by atoms with Gasteiger partial charge >= 0.3 is 0 Å². The number of sulfonamides is 1. The van der Waals surface area contributed by atoms with E-state index in [0.29, 0.717) is 30.1 Å². The summed E-state index contributed by atoms with van der Waals surface area (Å²) in [7, 11) is -2.06. The summed E-state index contributed by atoms with van der Waals surface area (Å²) in [6.07, 6.45) is 0.535. The van der Waals surface area contributed by atoms with E-state index in [1.807, 2.05) is 26.0 Å². The fourth-order valence-electron chi connectivity index (χ4n) is 3.21. The lowest BCUT2D eigenvalue weighted by atomic mass is 10.1. The van der Waals surface area contributed by atoms with Crippen LogP contribution in [0, 0.1) is 25.2 Å². The minimum atomic E-state index is -3.58. The van der Waals surface area contributed by atoms with Gasteiger partial charge in [0.25, 0.3) is 0 Å². The number of rotatable bonds is 8. The first kappa shape index (κ1) is 21.6. The van der Waals surface area contributed by atoms with Crippen molar-refractivity contribution in [3.8, 4) is 11.8 Å². The Kier molecular flexibility index (Phi) is 6.55. The van der Waals surface area contributed by atoms with Crippen molar-refractivity contribution in [1.29, 1.82) is 5.26 Å². The number of benzene rings is 2. The number of anilines is 1. The van der Waals surface area contributed by atoms with Gasteiger partial charge in [-0.2, -0.15) is 5.26 Å². The summed E-state index contributed by atoms with van der Waals surface area (Å²) in [4.78, 5) is 4.80. The van der Waals surface area contributed by atoms with Gasteiger partial charge in [0.1, 0.15) is 17.6 Å². The lowest BCUT2D eigenvalue weighted by molar-refractivity contribution is 0.414. The van der Waals surface area contributed by atoms with Crippen LogP contribution in [0.4, 0.5) is 5.82 Å². The molecule has 0 radical (unpaired) electrons. The van der Waals surface area contributed by atoms with Crippen molar-refractivity contribution >= 4 is 26.7 Å². The summed E-state index contributed by atoms with van der Waals surface area (Å²) < 4.78 is 32.3. The van der Waals surface area contributed by atoms with Crippen LogP contribution in [0.15, 0.2) is 47.4 Å². The van der Waals surface area contributed by atoms with Gasteiger partial charge in [-0.25, -0.2) is 18.1 Å². The zero-order valence-corrected chi connectivity index (χ0v) is 18.0. The van der Waals surface area contributed by atoms with Gasteiger partial charge in [0.05, 0.1) is 23.1 Å². The number of methoxy groups -OCH3 is 1. The Bertz CT molecular complexity index is 1200. The Hall–Kier alpha value is -3.15. The predicted octanol–water partition coefficient (Wildman–Crippen LogP) is 3.51. The van der Waals surface area contributed by atoms with E-state index < -0.39 is 10.0 Å². The number of hydrogen-bond acceptors (Lipinski definition) is 6. The molecule has 0 unspecified atom stereocenters. The number of hydrogen-bond donors (Lipinski definition) is 2. The van der Waals surface area contributed by atoms with E-state index in [2.05, 4.69) is 27.2 Å². The Labute approximate surface area is 176 Å². The Morgan fingerprint density at radius 2 is 1.83 bits per heavy atom. The van der Waals surface area contributed by atoms with Crippen molar-refractivity contribution in [2.45, 2.75) is 25.2 Å². The molecule has 8 heteroatoms. The van der Waals surface area contributed by atoms with Crippen molar-refractivity contribution < 1.29 is 13.2 Å². The quantitative estimate of drug-likeness (QED) is 0.536. The van der Waals surface area contributed by atoms with Crippen LogP contribution in [0.2, 0.25) is 0 Å². The molecule has 7 nitrogen and oxygen atoms in total. The highest BCUT2D eigenvalue weighted by Crippen LogP contribution is 2.24. The third kappa shape index (κ3) is 4.87. The number of pyridine rings is 1. The summed E-state index contributed by atoms with van der Waals surface area (Å²) in [5, 5.41) is 13.5. The maximum Gasteiger partial charge on any atom is 0.240 e. The number of nitrogens with zero attached hydrogens (tertiary/aromatic N) is 2. The predicted molar refractivity (Wildman–Crippen MR) is 117 cm³/mol. The van der Waals surface area contributed by atoms with Gasteiger partial charge in [-0.1, -0.05) is 11.6 Å². The summed E-state index contributed by atoms with van der Waals surface area (Å²) in [5.41, 5.74) is 3.48. The standard InChI is InChI=1S/C22H24N4O3S/c1-15-11-16(2)21-17(12-15)13-18(14-23)22(26-21)24-9-4-10-25-30(27,28)20-7-5-19(29-3)6-8-20/h5-8,11-13,25H,4,9-10H2,1-3H3,(H,24,26). The van der Waals surface area contributed by atoms with E-state index >= 15 is 0 Å². The maximum absolute atomic E-state index is 12.3. The first-order chi connectivity index (χ1) is 14.3. The minimum absolute atomic E-state index is 0.185. The van der Waals surface area contributed by atoms with Gasteiger partial charge in [0, 0.05) is 18.5 Å². The monoisotopic (exact) mass is 424 g/mol. The van der Waals surface area contributed by atoms with Crippen LogP contribution in [0.25, 0.3) is 10.9 Å². The van der Waals surface area contributed by atoms with Gasteiger partial charge in [0.2, 0.25) is 10.0 Å². The van der Waals surface area contributed by atoms with Crippen molar-refractivity contribution in [3.63, 3.8) is 0 Å². The van der Waals surface area contributed by atoms with Gasteiger partial charge in [-0.05, 0) is 62.2 Å². The number of fused-ring (bicyclic) bond motifs is 1. The molecule has 0 aliphatic rings. The number of ether oxygens (including phenoxy) is 1. The molecule has 1 aromatic heterocycles. The Morgan fingerprint density at radius 3 is 2.50 bits per heavy atom. The van der Waals surface area contributed by atoms with Crippen molar-refractivity contribution in [1.82, 2.24) is 9.71 Å². The second-order valence-corrected chi connectivity index (χ2v) is 8.77. The van der Waals surface area contributed by atoms with E-state index in [1.54, 1.807) is 12.1 Å². The molecule has 156 valence electrons. The third-order valence-corrected chi connectivity index (χ3v) is 6.16. The van der Waals surface area contributed by atoms with Crippen LogP contribution in [-0.4, -0.2) is 33.6 Å². The molecular formula is C22H24N4O3S. The van der Waals surface area contributed by atoms with E-state index in [9.17, 15) is 13.7 Å². The van der Waals surface area contributed by atoms with Gasteiger partial charge in [-0.15, -0.1) is 0 Å². The van der Waals surface area contributed by atoms with Crippen LogP contribution >= 0.6 is 0 Å². The SMILES string of the molecule is COc1ccc(S(=O)(=O)NCCCNc2nc3c(C)cc(C)cc3cc2C#N)cc1. The molecule has 0 bridgehead atoms. The second kappa shape index (κ2) is 9.11. The number of nitriles is 1. The van der Waals surface area contributed by atoms with E-state index in [-0.39, 0.29) is 11.4 Å². The van der Waals surface area contributed by atoms with E-state index in [4.69, 9.17) is 4.74 Å². The first-order valence-corrected chi connectivity index (χ1v) is 11.0. The molecule has 3 rings (SSSR count). The average molecular weight is 425 g/mol. The largest absolute Gasteiger partial charge is 0.497 e. The Balaban J connectivity index is 1.61. The van der Waals surface area contributed by atoms with Gasteiger partial charge in [0.15, 0.2) is 0 Å². The molecule has 0 spiro atoms. The third-order valence-electron chi connectivity index (χ3n) is 4.68. The molecular weight excluding hydrogens is 400 g/mol. The number of aryl methyl sites for hydroxylation is 2. The highest BCUT2D eigenvalue weighted by atomic mass is 32.2. The molecule has 0 saturated heterocycles. The molecule has 0 aliphatic carbocycles. The van der Waals surface area contributed by atoms with Crippen LogP contribution in [0.3, 0.4) is 0 Å². The smallest absolute Gasteiger partial charge is 0.240 e. The highest BCUT2D eigenvalue weighted by molar-refractivity contribution is 7.89. The lowest BCUT2D eigenvalue weighted by Gasteiger charge is -2.11. The normalized spacial score (nSPS) is 11.3. The fourth-order valence-corrected chi connectivity index (χ4v) is 4.29. The van der Waals surface area contributed by atoms with Crippen molar-refractivity contribution in [3.05, 3.63) is 59.2 Å². The fraction of sp³-hybridized carbons (Fsp3) is 0.273. The molecule has 3 aromatic rings. The van der Waals surface area contributed by atoms with Gasteiger partial charge < -0.3 is 10.1 Å². The minimum Gasteiger partial charge on any atom is -0.497 e. The molecule has 2 N–H and O–H groups in total. The first-order valence-electron chi connectivity index (χ1n) is 9.54. The molecule has 0 atom stereocenters. The second-order valence-electron chi connectivity index (χ2n) is 7.00. The van der Waals surface area contributed by atoms with E-state index in [1.165, 1.54) is 19.2 Å². The molecule has 0 aliphatic heterocycles. The van der Waals surface area contributed by atoms with Crippen LogP contribution < -0.4 is 14.8 Å². The Morgan fingerprint density at radius 1 is 1.10 bits per heavy atom. The lowest BCUT2D eigenvalue weighted by Crippen LogP contribution is -2.26. The van der Waals surface area contributed by atoms with Crippen molar-refractivity contribution in [2.75, 3.05) is 25.5 Å². The molecule has 30 heavy (non-hydrogen) atoms. The van der Waals surface area contributed by atoms with Gasteiger partial charge in [-0.3, -0.25) is 0 Å². The van der Waals surface area contributed by atoms with Crippen LogP contribution in [0.1, 0.15) is 23.1 Å². The zero-order valence-electron chi connectivity index (χ0n) is 17.2. The summed E-state index contributed by atoms with van der Waals surface area (Å²) >= 11 is 0. The molecule has 0 amide bonds. The average Bonchev–Trinajstić information content (AvgIpc) is 2.73. The molecule has 2 aromatic carbocycles. The topological polar surface area (TPSA) is 104 Å². The maximum atomic E-state index is 12.3. The number of nitrogens with one attached hydrogen (secondary N) is 2. The zero-order chi connectivity index (χ0) is 21.7. The molecule has 0 fully saturated rings. The van der Waals surface area contributed by atoms with Crippen LogP contribution in [-0.2, 0) is 10.0 Å². The van der Waals surface area contributed by atoms with Crippen LogP contribution in [0.5, 0.6) is 5.75 Å². The summed E-state index contributed by atoms with van der Waals surface area (Å²) in [6, 6.07) is 14.3. The molecule has 1 heterocycles. The van der Waals surface area contributed by atoms with E-state index in [0.717, 1.165) is 22.0 Å². The van der Waals surface area contributed by atoms with Crippen molar-refractivity contribution in [2.24, 2.45) is 0 Å². The number of aromatic nitrogens is 1. The summed E-state index contributed by atoms with van der Waals surface area (Å²) in [5.74, 6) is 1.11. The molecule has 0 saturated carbocycles. The summed E-state index contributed by atoms with van der Waals surface area (Å²) in [6.45, 7) is 4.74.